The Morgan fingerprint density at radius 2 is 1.88 bits per heavy atom. The van der Waals surface area contributed by atoms with Gasteiger partial charge >= 0.3 is 6.01 Å². The van der Waals surface area contributed by atoms with Gasteiger partial charge in [-0.3, -0.25) is 4.90 Å². The largest absolute Gasteiger partial charge is 0.508 e. The van der Waals surface area contributed by atoms with E-state index in [1.165, 1.54) is 31.4 Å². The summed E-state index contributed by atoms with van der Waals surface area (Å²) in [6.45, 7) is 2.55. The summed E-state index contributed by atoms with van der Waals surface area (Å²) in [4.78, 5) is 18.8. The zero-order valence-corrected chi connectivity index (χ0v) is 27.7. The number of nitrogens with one attached hydrogen (secondary N) is 1. The number of methoxy groups -OCH3 is 1. The molecule has 50 heavy (non-hydrogen) atoms. The molecule has 2 aromatic carbocycles. The number of aromatic nitrogens is 3. The lowest BCUT2D eigenvalue weighted by Gasteiger charge is -2.34. The predicted octanol–water partition coefficient (Wildman–Crippen LogP) is 5.49. The van der Waals surface area contributed by atoms with Gasteiger partial charge in [-0.2, -0.15) is 9.97 Å². The van der Waals surface area contributed by atoms with Crippen LogP contribution < -0.4 is 19.7 Å². The molecule has 5 heterocycles. The van der Waals surface area contributed by atoms with Crippen LogP contribution in [0.1, 0.15) is 50.5 Å². The van der Waals surface area contributed by atoms with Crippen molar-refractivity contribution in [2.24, 2.45) is 10.8 Å². The second-order valence-corrected chi connectivity index (χ2v) is 15.5. The van der Waals surface area contributed by atoms with Crippen LogP contribution in [0.5, 0.6) is 17.6 Å². The van der Waals surface area contributed by atoms with Gasteiger partial charge in [-0.05, 0) is 68.5 Å². The highest BCUT2D eigenvalue weighted by molar-refractivity contribution is 6.04. The van der Waals surface area contributed by atoms with Crippen LogP contribution in [0.4, 0.5) is 19.0 Å². The number of alkyl halides is 1. The molecule has 6 aliphatic rings. The minimum absolute atomic E-state index is 0.0496. The van der Waals surface area contributed by atoms with E-state index in [1.54, 1.807) is 0 Å². The fourth-order valence-corrected chi connectivity index (χ4v) is 9.75. The maximum atomic E-state index is 17.1. The number of hydrogen-bond donors (Lipinski definition) is 2. The first-order chi connectivity index (χ1) is 24.2. The van der Waals surface area contributed by atoms with Crippen molar-refractivity contribution in [3.05, 3.63) is 41.5 Å². The average molecular weight is 683 g/mol. The van der Waals surface area contributed by atoms with Gasteiger partial charge in [0.2, 0.25) is 5.88 Å². The zero-order valence-electron chi connectivity index (χ0n) is 27.7. The van der Waals surface area contributed by atoms with Gasteiger partial charge in [0.25, 0.3) is 0 Å². The van der Waals surface area contributed by atoms with E-state index in [2.05, 4.69) is 31.0 Å². The van der Waals surface area contributed by atoms with Crippen molar-refractivity contribution >= 4 is 27.5 Å². The van der Waals surface area contributed by atoms with E-state index in [1.807, 2.05) is 0 Å². The average Bonchev–Trinajstić information content (AvgIpc) is 3.96. The smallest absolute Gasteiger partial charge is 0.319 e. The van der Waals surface area contributed by atoms with E-state index >= 15 is 4.39 Å². The van der Waals surface area contributed by atoms with Gasteiger partial charge < -0.3 is 24.8 Å². The summed E-state index contributed by atoms with van der Waals surface area (Å²) in [6.07, 6.45) is 11.6. The number of halogens is 3. The number of phenolic OH excluding ortho intramolecular Hbond substituents is 1. The zero-order chi connectivity index (χ0) is 34.1. The molecule has 6 atom stereocenters. The molecule has 3 saturated carbocycles. The first-order valence-electron chi connectivity index (χ1n) is 17.6. The van der Waals surface area contributed by atoms with Crippen LogP contribution >= 0.6 is 0 Å². The molecule has 258 valence electrons. The minimum atomic E-state index is -0.791. The molecule has 10 rings (SSSR count). The maximum Gasteiger partial charge on any atom is 0.319 e. The fourth-order valence-electron chi connectivity index (χ4n) is 9.75. The highest BCUT2D eigenvalue weighted by Crippen LogP contribution is 2.69. The number of pyridine rings is 1. The first kappa shape index (κ1) is 30.5. The number of phenols is 1. The normalized spacial score (nSPS) is 30.1. The van der Waals surface area contributed by atoms with Crippen LogP contribution in [0, 0.1) is 34.8 Å². The molecular weight excluding hydrogens is 645 g/mol. The second-order valence-electron chi connectivity index (χ2n) is 15.5. The Morgan fingerprint density at radius 1 is 1.08 bits per heavy atom. The Balaban J connectivity index is 1.08. The molecule has 9 nitrogen and oxygen atoms in total. The number of benzene rings is 2. The summed E-state index contributed by atoms with van der Waals surface area (Å²) in [7, 11) is 1.45. The van der Waals surface area contributed by atoms with Crippen molar-refractivity contribution in [3.8, 4) is 41.2 Å². The molecule has 6 fully saturated rings. The topological polar surface area (TPSA) is 95.9 Å². The molecule has 4 aromatic rings. The third-order valence-corrected chi connectivity index (χ3v) is 12.5. The minimum Gasteiger partial charge on any atom is -0.508 e. The van der Waals surface area contributed by atoms with Gasteiger partial charge in [0.15, 0.2) is 5.82 Å². The summed E-state index contributed by atoms with van der Waals surface area (Å²) in [6, 6.07) is 6.69. The quantitative estimate of drug-likeness (QED) is 0.234. The van der Waals surface area contributed by atoms with E-state index in [-0.39, 0.29) is 68.3 Å². The predicted molar refractivity (Wildman–Crippen MR) is 181 cm³/mol. The monoisotopic (exact) mass is 682 g/mol. The van der Waals surface area contributed by atoms with Crippen molar-refractivity contribution < 1.29 is 27.8 Å². The van der Waals surface area contributed by atoms with Crippen molar-refractivity contribution in [2.45, 2.75) is 75.3 Å². The standard InChI is InChI=1S/C38H37F3N6O3/c1-3-24-26(39)7-4-19-10-23(48)12-25(29(19)24)32-31(41)33-30(35(43-32)49-2)34(46-15-20-5-6-21(16-46)42-20)45-36(44-33)50-18-37(8-9-37)17-47-22-11-27(40)38(13-22)14-28(38)47/h1,4,7,10,12,20-22,27-28,42,48H,5-6,8-9,11,13-18H2,2H3. The fraction of sp³-hybridized carbons (Fsp3) is 0.500. The lowest BCUT2D eigenvalue weighted by Crippen LogP contribution is -2.51. The highest BCUT2D eigenvalue weighted by atomic mass is 19.1. The van der Waals surface area contributed by atoms with Crippen LogP contribution in [0.25, 0.3) is 32.9 Å². The Kier molecular flexibility index (Phi) is 6.46. The van der Waals surface area contributed by atoms with E-state index in [9.17, 15) is 13.9 Å². The van der Waals surface area contributed by atoms with Crippen LogP contribution in [0.2, 0.25) is 0 Å². The van der Waals surface area contributed by atoms with Crippen molar-refractivity contribution in [3.63, 3.8) is 0 Å². The van der Waals surface area contributed by atoms with E-state index < -0.39 is 17.8 Å². The third-order valence-electron chi connectivity index (χ3n) is 12.5. The molecule has 3 aliphatic carbocycles. The first-order valence-corrected chi connectivity index (χ1v) is 17.6. The Bertz CT molecular complexity index is 2140. The van der Waals surface area contributed by atoms with Crippen LogP contribution in [0.3, 0.4) is 0 Å². The van der Waals surface area contributed by atoms with Crippen LogP contribution in [0.15, 0.2) is 24.3 Å². The summed E-state index contributed by atoms with van der Waals surface area (Å²) in [5.74, 6) is 1.35. The molecule has 0 radical (unpaired) electrons. The van der Waals surface area contributed by atoms with Crippen molar-refractivity contribution in [1.29, 1.82) is 0 Å². The maximum absolute atomic E-state index is 17.1. The van der Waals surface area contributed by atoms with Crippen molar-refractivity contribution in [1.82, 2.24) is 25.2 Å². The number of fused-ring (bicyclic) bond motifs is 5. The van der Waals surface area contributed by atoms with Crippen molar-refractivity contribution in [2.75, 3.05) is 38.3 Å². The Labute approximate surface area is 287 Å². The number of piperazine rings is 1. The Morgan fingerprint density at radius 3 is 2.58 bits per heavy atom. The van der Waals surface area contributed by atoms with Crippen LogP contribution in [-0.4, -0.2) is 88.6 Å². The molecule has 4 bridgehead atoms. The van der Waals surface area contributed by atoms with E-state index in [0.717, 1.165) is 45.1 Å². The number of anilines is 1. The number of hydrogen-bond acceptors (Lipinski definition) is 9. The number of ether oxygens (including phenoxy) is 2. The van der Waals surface area contributed by atoms with Gasteiger partial charge in [0, 0.05) is 65.6 Å². The number of likely N-dealkylation sites (tertiary alicyclic amines) is 1. The van der Waals surface area contributed by atoms with Gasteiger partial charge in [-0.15, -0.1) is 6.42 Å². The Hall–Kier alpha value is -4.34. The number of terminal acetylenes is 1. The summed E-state index contributed by atoms with van der Waals surface area (Å²) in [5.41, 5.74) is -0.400. The van der Waals surface area contributed by atoms with Gasteiger partial charge in [0.05, 0.1) is 19.3 Å². The lowest BCUT2D eigenvalue weighted by atomic mass is 9.95. The highest BCUT2D eigenvalue weighted by Gasteiger charge is 2.73. The third kappa shape index (κ3) is 4.45. The SMILES string of the molecule is C#Cc1c(F)ccc2cc(O)cc(-c3nc(OC)c4c(N5CC6CCC(C5)N6)nc(OCC5(CN6C7CC(F)C8(C7)CC68)CC5)nc4c3F)c12. The molecule has 3 aliphatic heterocycles. The van der Waals surface area contributed by atoms with Gasteiger partial charge in [-0.1, -0.05) is 12.0 Å². The molecular formula is C38H37F3N6O3. The molecule has 0 amide bonds. The summed E-state index contributed by atoms with van der Waals surface area (Å²) in [5, 5.41) is 15.3. The summed E-state index contributed by atoms with van der Waals surface area (Å²) < 4.78 is 58.9. The lowest BCUT2D eigenvalue weighted by molar-refractivity contribution is 0.0977. The van der Waals surface area contributed by atoms with Gasteiger partial charge in [-0.25, -0.2) is 18.2 Å². The molecule has 2 N–H and O–H groups in total. The molecule has 6 unspecified atom stereocenters. The number of aromatic hydroxyl groups is 1. The number of piperidine rings is 2. The molecule has 2 aromatic heterocycles. The van der Waals surface area contributed by atoms with Crippen LogP contribution in [-0.2, 0) is 0 Å². The molecule has 1 spiro atoms. The summed E-state index contributed by atoms with van der Waals surface area (Å²) >= 11 is 0. The second kappa shape index (κ2) is 10.6. The van der Waals surface area contributed by atoms with Gasteiger partial charge in [0.1, 0.15) is 40.2 Å². The molecule has 12 heteroatoms. The van der Waals surface area contributed by atoms with E-state index in [0.29, 0.717) is 54.8 Å². The van der Waals surface area contributed by atoms with E-state index in [4.69, 9.17) is 20.9 Å². The number of nitrogens with zero attached hydrogens (tertiary/aromatic N) is 5. The molecule has 3 saturated heterocycles. The number of rotatable bonds is 8.